The van der Waals surface area contributed by atoms with E-state index < -0.39 is 12.1 Å². The van der Waals surface area contributed by atoms with E-state index in [0.717, 1.165) is 5.56 Å². The third kappa shape index (κ3) is 5.08. The van der Waals surface area contributed by atoms with Gasteiger partial charge >= 0.3 is 12.1 Å². The summed E-state index contributed by atoms with van der Waals surface area (Å²) in [5.74, 6) is -0.896. The van der Waals surface area contributed by atoms with Crippen molar-refractivity contribution in [1.82, 2.24) is 5.43 Å². The van der Waals surface area contributed by atoms with Gasteiger partial charge in [0, 0.05) is 12.5 Å². The van der Waals surface area contributed by atoms with Crippen molar-refractivity contribution in [2.75, 3.05) is 19.0 Å². The van der Waals surface area contributed by atoms with Gasteiger partial charge in [0.15, 0.2) is 0 Å². The minimum absolute atomic E-state index is 0.194. The van der Waals surface area contributed by atoms with Crippen LogP contribution in [0, 0.1) is 6.92 Å². The lowest BCUT2D eigenvalue weighted by Gasteiger charge is -2.13. The van der Waals surface area contributed by atoms with Crippen molar-refractivity contribution < 1.29 is 23.9 Å². The monoisotopic (exact) mass is 335 g/mol. The second-order valence-corrected chi connectivity index (χ2v) is 4.91. The molecule has 1 rings (SSSR count). The highest BCUT2D eigenvalue weighted by Crippen LogP contribution is 2.23. The first-order valence-corrected chi connectivity index (χ1v) is 7.28. The Kier molecular flexibility index (Phi) is 6.91. The number of carbonyl (C=O) groups is 3. The predicted octanol–water partition coefficient (Wildman–Crippen LogP) is 2.21. The van der Waals surface area contributed by atoms with E-state index >= 15 is 0 Å². The summed E-state index contributed by atoms with van der Waals surface area (Å²) in [6, 6.07) is 3.20. The number of nitrogens with one attached hydrogen (secondary N) is 2. The van der Waals surface area contributed by atoms with Crippen molar-refractivity contribution >= 4 is 29.4 Å². The predicted molar refractivity (Wildman–Crippen MR) is 89.2 cm³/mol. The third-order valence-corrected chi connectivity index (χ3v) is 3.06. The highest BCUT2D eigenvalue weighted by molar-refractivity contribution is 6.06. The summed E-state index contributed by atoms with van der Waals surface area (Å²) in [7, 11) is 1.25. The minimum atomic E-state index is -0.669. The van der Waals surface area contributed by atoms with Crippen LogP contribution in [-0.4, -0.2) is 37.4 Å². The zero-order valence-corrected chi connectivity index (χ0v) is 14.4. The van der Waals surface area contributed by atoms with Crippen molar-refractivity contribution in [3.05, 3.63) is 28.8 Å². The molecule has 1 aromatic carbocycles. The Balaban J connectivity index is 3.24. The maximum absolute atomic E-state index is 12.0. The number of rotatable bonds is 5. The molecule has 0 aromatic heterocycles. The molecule has 0 aliphatic rings. The lowest BCUT2D eigenvalue weighted by atomic mass is 9.99. The van der Waals surface area contributed by atoms with Crippen molar-refractivity contribution in [1.29, 1.82) is 0 Å². The van der Waals surface area contributed by atoms with Crippen LogP contribution in [0.1, 0.15) is 42.3 Å². The summed E-state index contributed by atoms with van der Waals surface area (Å²) >= 11 is 0. The Bertz CT molecular complexity index is 683. The summed E-state index contributed by atoms with van der Waals surface area (Å²) < 4.78 is 9.47. The molecule has 2 N–H and O–H groups in total. The summed E-state index contributed by atoms with van der Waals surface area (Å²) in [6.45, 7) is 6.74. The number of nitrogens with zero attached hydrogens (tertiary/aromatic N) is 1. The molecule has 130 valence electrons. The van der Waals surface area contributed by atoms with Crippen LogP contribution in [-0.2, 0) is 14.3 Å². The fraction of sp³-hybridized carbons (Fsp3) is 0.375. The van der Waals surface area contributed by atoms with Crippen molar-refractivity contribution in [3.8, 4) is 0 Å². The van der Waals surface area contributed by atoms with E-state index in [4.69, 9.17) is 9.47 Å². The van der Waals surface area contributed by atoms with Gasteiger partial charge in [0.25, 0.3) is 0 Å². The standard InChI is InChI=1S/C16H21N3O5/c1-6-24-16(22)19-18-10(3)12-8-13(15(21)23-5)14(7-9(12)2)17-11(4)20/h7-8H,6H2,1-5H3,(H,17,20)(H,19,22)/b18-10-. The molecule has 8 nitrogen and oxygen atoms in total. The fourth-order valence-corrected chi connectivity index (χ4v) is 2.02. The van der Waals surface area contributed by atoms with Gasteiger partial charge in [-0.3, -0.25) is 4.79 Å². The number of hydrogen-bond donors (Lipinski definition) is 2. The maximum Gasteiger partial charge on any atom is 0.427 e. The summed E-state index contributed by atoms with van der Waals surface area (Å²) in [4.78, 5) is 34.5. The molecule has 0 radical (unpaired) electrons. The number of methoxy groups -OCH3 is 1. The van der Waals surface area contributed by atoms with Gasteiger partial charge in [-0.2, -0.15) is 5.10 Å². The van der Waals surface area contributed by atoms with Gasteiger partial charge < -0.3 is 14.8 Å². The Hall–Kier alpha value is -2.90. The minimum Gasteiger partial charge on any atom is -0.465 e. The van der Waals surface area contributed by atoms with Crippen LogP contribution < -0.4 is 10.7 Å². The smallest absolute Gasteiger partial charge is 0.427 e. The first-order chi connectivity index (χ1) is 11.3. The van der Waals surface area contributed by atoms with E-state index in [1.54, 1.807) is 32.9 Å². The first-order valence-electron chi connectivity index (χ1n) is 7.28. The van der Waals surface area contributed by atoms with Crippen LogP contribution in [0.4, 0.5) is 10.5 Å². The molecule has 0 spiro atoms. The van der Waals surface area contributed by atoms with Gasteiger partial charge in [0.1, 0.15) is 0 Å². The second-order valence-electron chi connectivity index (χ2n) is 4.91. The van der Waals surface area contributed by atoms with Gasteiger partial charge in [-0.05, 0) is 38.5 Å². The second kappa shape index (κ2) is 8.66. The molecule has 0 atom stereocenters. The molecule has 0 saturated heterocycles. The fourth-order valence-electron chi connectivity index (χ4n) is 2.02. The molecule has 0 aliphatic carbocycles. The Morgan fingerprint density at radius 1 is 1.17 bits per heavy atom. The maximum atomic E-state index is 12.0. The summed E-state index contributed by atoms with van der Waals surface area (Å²) in [6.07, 6.45) is -0.669. The third-order valence-electron chi connectivity index (χ3n) is 3.06. The molecule has 0 saturated carbocycles. The van der Waals surface area contributed by atoms with E-state index in [9.17, 15) is 14.4 Å². The van der Waals surface area contributed by atoms with Crippen LogP contribution >= 0.6 is 0 Å². The number of ether oxygens (including phenoxy) is 2. The van der Waals surface area contributed by atoms with Gasteiger partial charge in [-0.15, -0.1) is 0 Å². The summed E-state index contributed by atoms with van der Waals surface area (Å²) in [5, 5.41) is 6.54. The van der Waals surface area contributed by atoms with Crippen LogP contribution in [0.15, 0.2) is 17.2 Å². The molecule has 0 bridgehead atoms. The molecule has 24 heavy (non-hydrogen) atoms. The lowest BCUT2D eigenvalue weighted by molar-refractivity contribution is -0.114. The van der Waals surface area contributed by atoms with Crippen LogP contribution in [0.2, 0.25) is 0 Å². The zero-order chi connectivity index (χ0) is 18.3. The molecular weight excluding hydrogens is 314 g/mol. The highest BCUT2D eigenvalue weighted by atomic mass is 16.5. The van der Waals surface area contributed by atoms with Crippen molar-refractivity contribution in [3.63, 3.8) is 0 Å². The lowest BCUT2D eigenvalue weighted by Crippen LogP contribution is -2.21. The van der Waals surface area contributed by atoms with Gasteiger partial charge in [0.2, 0.25) is 5.91 Å². The number of esters is 1. The van der Waals surface area contributed by atoms with Crippen molar-refractivity contribution in [2.24, 2.45) is 5.10 Å². The number of aryl methyl sites for hydroxylation is 1. The quantitative estimate of drug-likeness (QED) is 0.487. The number of amides is 2. The van der Waals surface area contributed by atoms with E-state index in [0.29, 0.717) is 17.0 Å². The topological polar surface area (TPSA) is 106 Å². The van der Waals surface area contributed by atoms with Crippen molar-refractivity contribution in [2.45, 2.75) is 27.7 Å². The number of carbonyl (C=O) groups excluding carboxylic acids is 3. The molecule has 1 aromatic rings. The highest BCUT2D eigenvalue weighted by Gasteiger charge is 2.17. The van der Waals surface area contributed by atoms with Gasteiger partial charge in [-0.1, -0.05) is 0 Å². The molecule has 2 amide bonds. The average Bonchev–Trinajstić information content (AvgIpc) is 2.51. The van der Waals surface area contributed by atoms with E-state index in [1.807, 2.05) is 0 Å². The molecular formula is C16H21N3O5. The van der Waals surface area contributed by atoms with Crippen LogP contribution in [0.25, 0.3) is 0 Å². The zero-order valence-electron chi connectivity index (χ0n) is 14.4. The Labute approximate surface area is 140 Å². The average molecular weight is 335 g/mol. The SMILES string of the molecule is CCOC(=O)N/N=C(/C)c1cc(C(=O)OC)c(NC(C)=O)cc1C. The molecule has 0 aliphatic heterocycles. The van der Waals surface area contributed by atoms with Gasteiger partial charge in [-0.25, -0.2) is 15.0 Å². The molecule has 0 fully saturated rings. The van der Waals surface area contributed by atoms with Crippen LogP contribution in [0.3, 0.4) is 0 Å². The van der Waals surface area contributed by atoms with Crippen LogP contribution in [0.5, 0.6) is 0 Å². The van der Waals surface area contributed by atoms with Gasteiger partial charge in [0.05, 0.1) is 30.7 Å². The first kappa shape index (κ1) is 19.1. The Morgan fingerprint density at radius 3 is 2.38 bits per heavy atom. The number of hydrogen-bond acceptors (Lipinski definition) is 6. The van der Waals surface area contributed by atoms with E-state index in [1.165, 1.54) is 14.0 Å². The largest absolute Gasteiger partial charge is 0.465 e. The Morgan fingerprint density at radius 2 is 1.83 bits per heavy atom. The van der Waals surface area contributed by atoms with E-state index in [-0.39, 0.29) is 18.1 Å². The van der Waals surface area contributed by atoms with E-state index in [2.05, 4.69) is 15.8 Å². The normalized spacial score (nSPS) is 10.8. The number of hydrazone groups is 1. The number of benzene rings is 1. The molecule has 8 heteroatoms. The number of anilines is 1. The summed E-state index contributed by atoms with van der Waals surface area (Å²) in [5.41, 5.74) is 4.66. The molecule has 0 unspecified atom stereocenters. The molecule has 0 heterocycles.